The monoisotopic (exact) mass is 173 g/mol. The summed E-state index contributed by atoms with van der Waals surface area (Å²) in [5, 5.41) is 8.24. The molecule has 4 nitrogen and oxygen atoms in total. The third kappa shape index (κ3) is 7.21. The number of methoxy groups -OCH3 is 1. The normalized spacial score (nSPS) is 13.5. The Kier molecular flexibility index (Phi) is 6.28. The smallest absolute Gasteiger partial charge is 0.325 e. The molecule has 0 heterocycles. The van der Waals surface area contributed by atoms with E-state index in [1.54, 1.807) is 13.3 Å². The Morgan fingerprint density at radius 2 is 2.42 bits per heavy atom. The highest BCUT2D eigenvalue weighted by atomic mass is 16.5. The van der Waals surface area contributed by atoms with Crippen molar-refractivity contribution >= 4 is 12.2 Å². The maximum atomic E-state index is 10.0. The number of hydrogen-bond donors (Lipinski definition) is 1. The van der Waals surface area contributed by atoms with Gasteiger partial charge in [0.15, 0.2) is 0 Å². The first-order valence-corrected chi connectivity index (χ1v) is 3.85. The van der Waals surface area contributed by atoms with Gasteiger partial charge in [0.05, 0.1) is 0 Å². The Morgan fingerprint density at radius 1 is 1.75 bits per heavy atom. The average Bonchev–Trinajstić information content (AvgIpc) is 1.98. The number of carboxylic acid groups (broad SMARTS) is 1. The molecule has 0 radical (unpaired) electrons. The molecule has 70 valence electrons. The van der Waals surface area contributed by atoms with Gasteiger partial charge in [-0.3, -0.25) is 9.79 Å². The highest BCUT2D eigenvalue weighted by molar-refractivity contribution is 5.71. The molecule has 0 aliphatic heterocycles. The highest BCUT2D eigenvalue weighted by Crippen LogP contribution is 1.98. The minimum Gasteiger partial charge on any atom is -0.480 e. The van der Waals surface area contributed by atoms with Gasteiger partial charge in [0.1, 0.15) is 6.54 Å². The van der Waals surface area contributed by atoms with Gasteiger partial charge in [-0.25, -0.2) is 0 Å². The van der Waals surface area contributed by atoms with Gasteiger partial charge < -0.3 is 9.84 Å². The van der Waals surface area contributed by atoms with Crippen molar-refractivity contribution in [2.75, 3.05) is 20.3 Å². The molecule has 1 unspecified atom stereocenters. The number of aliphatic carboxylic acids is 1. The van der Waals surface area contributed by atoms with Gasteiger partial charge in [-0.2, -0.15) is 0 Å². The van der Waals surface area contributed by atoms with Crippen LogP contribution in [-0.4, -0.2) is 37.6 Å². The fraction of sp³-hybridized carbons (Fsp3) is 0.750. The molecule has 0 rings (SSSR count). The lowest BCUT2D eigenvalue weighted by atomic mass is 10.1. The summed E-state index contributed by atoms with van der Waals surface area (Å²) in [6.07, 6.45) is 2.40. The molecule has 0 aromatic carbocycles. The molecule has 0 saturated heterocycles. The molecule has 0 bridgehead atoms. The Labute approximate surface area is 72.3 Å². The molecule has 0 fully saturated rings. The Hall–Kier alpha value is -0.900. The van der Waals surface area contributed by atoms with Gasteiger partial charge in [0.25, 0.3) is 0 Å². The first kappa shape index (κ1) is 11.1. The summed E-state index contributed by atoms with van der Waals surface area (Å²) < 4.78 is 4.90. The number of ether oxygens (including phenoxy) is 1. The zero-order valence-corrected chi connectivity index (χ0v) is 7.49. The van der Waals surface area contributed by atoms with Crippen LogP contribution < -0.4 is 0 Å². The number of aliphatic imine (C=N–C) groups is 1. The number of carboxylic acids is 1. The third-order valence-electron chi connectivity index (χ3n) is 1.31. The zero-order chi connectivity index (χ0) is 9.40. The van der Waals surface area contributed by atoms with Crippen LogP contribution in [0.4, 0.5) is 0 Å². The molecule has 0 spiro atoms. The number of nitrogens with zero attached hydrogens (tertiary/aromatic N) is 1. The lowest BCUT2D eigenvalue weighted by molar-refractivity contribution is -0.135. The van der Waals surface area contributed by atoms with Gasteiger partial charge in [-0.05, 0) is 18.6 Å². The predicted molar refractivity (Wildman–Crippen MR) is 46.7 cm³/mol. The molecule has 1 N–H and O–H groups in total. The lowest BCUT2D eigenvalue weighted by Gasteiger charge is -2.04. The van der Waals surface area contributed by atoms with Crippen molar-refractivity contribution < 1.29 is 14.6 Å². The minimum absolute atomic E-state index is 0.139. The van der Waals surface area contributed by atoms with E-state index in [-0.39, 0.29) is 6.54 Å². The SMILES string of the molecule is COCC(C)CC=NCC(=O)O. The van der Waals surface area contributed by atoms with Crippen LogP contribution in [0.3, 0.4) is 0 Å². The van der Waals surface area contributed by atoms with Crippen molar-refractivity contribution in [1.82, 2.24) is 0 Å². The van der Waals surface area contributed by atoms with Gasteiger partial charge in [0.2, 0.25) is 0 Å². The molecule has 0 aliphatic rings. The molecule has 0 aliphatic carbocycles. The van der Waals surface area contributed by atoms with E-state index in [1.807, 2.05) is 6.92 Å². The van der Waals surface area contributed by atoms with Gasteiger partial charge in [0, 0.05) is 13.7 Å². The van der Waals surface area contributed by atoms with Gasteiger partial charge in [-0.1, -0.05) is 6.92 Å². The topological polar surface area (TPSA) is 58.9 Å². The molecule has 0 aromatic heterocycles. The van der Waals surface area contributed by atoms with Crippen LogP contribution in [0, 0.1) is 5.92 Å². The van der Waals surface area contributed by atoms with E-state index >= 15 is 0 Å². The summed E-state index contributed by atoms with van der Waals surface area (Å²) in [6, 6.07) is 0. The molecule has 12 heavy (non-hydrogen) atoms. The van der Waals surface area contributed by atoms with E-state index in [4.69, 9.17) is 9.84 Å². The summed E-state index contributed by atoms with van der Waals surface area (Å²) in [5.41, 5.74) is 0. The van der Waals surface area contributed by atoms with Crippen LogP contribution in [-0.2, 0) is 9.53 Å². The average molecular weight is 173 g/mol. The van der Waals surface area contributed by atoms with Crippen LogP contribution in [0.2, 0.25) is 0 Å². The van der Waals surface area contributed by atoms with Crippen molar-refractivity contribution in [3.63, 3.8) is 0 Å². The summed E-state index contributed by atoms with van der Waals surface area (Å²) in [6.45, 7) is 2.56. The maximum Gasteiger partial charge on any atom is 0.325 e. The number of hydrogen-bond acceptors (Lipinski definition) is 3. The zero-order valence-electron chi connectivity index (χ0n) is 7.49. The fourth-order valence-corrected chi connectivity index (χ4v) is 0.750. The summed E-state index contributed by atoms with van der Waals surface area (Å²) in [4.78, 5) is 13.7. The largest absolute Gasteiger partial charge is 0.480 e. The second-order valence-corrected chi connectivity index (χ2v) is 2.71. The summed E-state index contributed by atoms with van der Waals surface area (Å²) in [5.74, 6) is -0.502. The molecule has 0 saturated carbocycles. The van der Waals surface area contributed by atoms with Crippen LogP contribution in [0.25, 0.3) is 0 Å². The van der Waals surface area contributed by atoms with Gasteiger partial charge in [-0.15, -0.1) is 0 Å². The first-order valence-electron chi connectivity index (χ1n) is 3.85. The first-order chi connectivity index (χ1) is 5.66. The minimum atomic E-state index is -0.898. The van der Waals surface area contributed by atoms with Gasteiger partial charge >= 0.3 is 5.97 Å². The maximum absolute atomic E-state index is 10.0. The molecule has 1 atom stereocenters. The van der Waals surface area contributed by atoms with Crippen molar-refractivity contribution in [3.05, 3.63) is 0 Å². The van der Waals surface area contributed by atoms with Crippen molar-refractivity contribution in [3.8, 4) is 0 Å². The number of carbonyl (C=O) groups is 1. The van der Waals surface area contributed by atoms with E-state index < -0.39 is 5.97 Å². The molecular formula is C8H15NO3. The van der Waals surface area contributed by atoms with E-state index in [9.17, 15) is 4.79 Å². The van der Waals surface area contributed by atoms with Crippen LogP contribution in [0.1, 0.15) is 13.3 Å². The quantitative estimate of drug-likeness (QED) is 0.605. The molecule has 0 aromatic rings. The predicted octanol–water partition coefficient (Wildman–Crippen LogP) is 0.814. The lowest BCUT2D eigenvalue weighted by Crippen LogP contribution is -2.05. The van der Waals surface area contributed by atoms with Crippen molar-refractivity contribution in [2.24, 2.45) is 10.9 Å². The standard InChI is InChI=1S/C8H15NO3/c1-7(6-12-2)3-4-9-5-8(10)11/h4,7H,3,5-6H2,1-2H3,(H,10,11). The summed E-state index contributed by atoms with van der Waals surface area (Å²) >= 11 is 0. The number of rotatable bonds is 6. The van der Waals surface area contributed by atoms with Crippen molar-refractivity contribution in [2.45, 2.75) is 13.3 Å². The third-order valence-corrected chi connectivity index (χ3v) is 1.31. The Bertz CT molecular complexity index is 156. The van der Waals surface area contributed by atoms with E-state index in [0.717, 1.165) is 6.42 Å². The van der Waals surface area contributed by atoms with E-state index in [2.05, 4.69) is 4.99 Å². The Morgan fingerprint density at radius 3 is 2.92 bits per heavy atom. The molecule has 4 heteroatoms. The second-order valence-electron chi connectivity index (χ2n) is 2.71. The van der Waals surface area contributed by atoms with E-state index in [0.29, 0.717) is 12.5 Å². The van der Waals surface area contributed by atoms with Crippen LogP contribution in [0.15, 0.2) is 4.99 Å². The highest BCUT2D eigenvalue weighted by Gasteiger charge is 1.97. The van der Waals surface area contributed by atoms with Crippen LogP contribution in [0.5, 0.6) is 0 Å². The van der Waals surface area contributed by atoms with Crippen molar-refractivity contribution in [1.29, 1.82) is 0 Å². The summed E-state index contributed by atoms with van der Waals surface area (Å²) in [7, 11) is 1.64. The molecule has 0 amide bonds. The van der Waals surface area contributed by atoms with Crippen LogP contribution >= 0.6 is 0 Å². The van der Waals surface area contributed by atoms with E-state index in [1.165, 1.54) is 0 Å². The molecular weight excluding hydrogens is 158 g/mol. The second kappa shape index (κ2) is 6.79. The fourth-order valence-electron chi connectivity index (χ4n) is 0.750. The Balaban J connectivity index is 3.39.